The van der Waals surface area contributed by atoms with Gasteiger partial charge >= 0.3 is 5.97 Å². The fraction of sp³-hybridized carbons (Fsp3) is 0.800. The van der Waals surface area contributed by atoms with Crippen LogP contribution in [0.15, 0.2) is 0 Å². The number of carbonyl (C=O) groups is 4. The molecule has 10 heteroatoms. The van der Waals surface area contributed by atoms with Crippen molar-refractivity contribution in [1.82, 2.24) is 16.0 Å². The zero-order valence-corrected chi connectivity index (χ0v) is 18.8. The van der Waals surface area contributed by atoms with Crippen LogP contribution >= 0.6 is 0 Å². The Labute approximate surface area is 178 Å². The summed E-state index contributed by atoms with van der Waals surface area (Å²) in [5, 5.41) is 26.1. The number of carbonyl (C=O) groups excluding carboxylic acids is 3. The van der Waals surface area contributed by atoms with E-state index >= 15 is 0 Å². The lowest BCUT2D eigenvalue weighted by Gasteiger charge is -2.28. The Kier molecular flexibility index (Phi) is 12.2. The third-order valence-corrected chi connectivity index (χ3v) is 4.90. The molecule has 0 spiro atoms. The smallest absolute Gasteiger partial charge is 0.326 e. The lowest BCUT2D eigenvalue weighted by atomic mass is 9.96. The van der Waals surface area contributed by atoms with E-state index in [4.69, 9.17) is 10.8 Å². The van der Waals surface area contributed by atoms with Gasteiger partial charge in [0.2, 0.25) is 17.7 Å². The van der Waals surface area contributed by atoms with Gasteiger partial charge in [0, 0.05) is 0 Å². The van der Waals surface area contributed by atoms with Gasteiger partial charge in [-0.2, -0.15) is 0 Å². The Hall–Kier alpha value is -2.20. The van der Waals surface area contributed by atoms with E-state index in [0.29, 0.717) is 12.8 Å². The van der Waals surface area contributed by atoms with E-state index in [1.165, 1.54) is 0 Å². The number of hydrogen-bond donors (Lipinski definition) is 6. The molecular weight excluding hydrogens is 392 g/mol. The van der Waals surface area contributed by atoms with Crippen LogP contribution in [-0.2, 0) is 19.2 Å². The number of rotatable bonds is 13. The van der Waals surface area contributed by atoms with E-state index in [-0.39, 0.29) is 17.8 Å². The van der Waals surface area contributed by atoms with Crippen molar-refractivity contribution in [2.24, 2.45) is 23.5 Å². The Balaban J connectivity index is 5.43. The molecule has 0 fully saturated rings. The van der Waals surface area contributed by atoms with Crippen LogP contribution in [0, 0.1) is 17.8 Å². The number of carboxylic acids is 1. The predicted octanol–water partition coefficient (Wildman–Crippen LogP) is -0.407. The molecule has 0 aromatic carbocycles. The predicted molar refractivity (Wildman–Crippen MR) is 112 cm³/mol. The molecule has 0 saturated heterocycles. The highest BCUT2D eigenvalue weighted by Crippen LogP contribution is 2.11. The van der Waals surface area contributed by atoms with Crippen molar-refractivity contribution in [3.63, 3.8) is 0 Å². The number of carboxylic acid groups (broad SMARTS) is 1. The van der Waals surface area contributed by atoms with Crippen LogP contribution in [-0.4, -0.2) is 64.7 Å². The lowest BCUT2D eigenvalue weighted by molar-refractivity contribution is -0.144. The summed E-state index contributed by atoms with van der Waals surface area (Å²) in [6, 6.07) is -4.17. The largest absolute Gasteiger partial charge is 0.480 e. The van der Waals surface area contributed by atoms with Crippen LogP contribution < -0.4 is 21.7 Å². The van der Waals surface area contributed by atoms with Gasteiger partial charge in [-0.05, 0) is 24.2 Å². The minimum atomic E-state index is -1.16. The maximum atomic E-state index is 12.8. The topological polar surface area (TPSA) is 171 Å². The summed E-state index contributed by atoms with van der Waals surface area (Å²) < 4.78 is 0. The Morgan fingerprint density at radius 1 is 0.867 bits per heavy atom. The van der Waals surface area contributed by atoms with Crippen LogP contribution in [0.4, 0.5) is 0 Å². The van der Waals surface area contributed by atoms with Gasteiger partial charge in [0.1, 0.15) is 24.2 Å². The van der Waals surface area contributed by atoms with E-state index in [9.17, 15) is 24.3 Å². The molecule has 0 aromatic heterocycles. The van der Waals surface area contributed by atoms with Crippen molar-refractivity contribution in [1.29, 1.82) is 0 Å². The summed E-state index contributed by atoms with van der Waals surface area (Å²) in [6.07, 6.45) is 0.857. The number of amides is 3. The molecule has 7 N–H and O–H groups in total. The van der Waals surface area contributed by atoms with Gasteiger partial charge in [0.15, 0.2) is 0 Å². The first-order chi connectivity index (χ1) is 13.8. The fourth-order valence-electron chi connectivity index (χ4n) is 2.78. The number of nitrogens with one attached hydrogen (secondary N) is 3. The molecule has 0 saturated carbocycles. The van der Waals surface area contributed by atoms with Gasteiger partial charge in [0.05, 0.1) is 6.61 Å². The quantitative estimate of drug-likeness (QED) is 0.231. The molecule has 174 valence electrons. The molecule has 0 aliphatic heterocycles. The number of aliphatic hydroxyl groups is 1. The van der Waals surface area contributed by atoms with Crippen molar-refractivity contribution in [3.05, 3.63) is 0 Å². The lowest BCUT2D eigenvalue weighted by Crippen LogP contribution is -2.59. The van der Waals surface area contributed by atoms with Gasteiger partial charge in [-0.25, -0.2) is 4.79 Å². The van der Waals surface area contributed by atoms with Gasteiger partial charge in [-0.3, -0.25) is 14.4 Å². The number of aliphatic carboxylic acids is 1. The number of hydrogen-bond acceptors (Lipinski definition) is 6. The van der Waals surface area contributed by atoms with Crippen LogP contribution in [0.2, 0.25) is 0 Å². The minimum Gasteiger partial charge on any atom is -0.480 e. The Morgan fingerprint density at radius 2 is 1.40 bits per heavy atom. The van der Waals surface area contributed by atoms with Crippen LogP contribution in [0.1, 0.15) is 54.4 Å². The summed E-state index contributed by atoms with van der Waals surface area (Å²) in [6.45, 7) is 10.2. The average Bonchev–Trinajstić information content (AvgIpc) is 2.66. The Bertz CT molecular complexity index is 596. The van der Waals surface area contributed by atoms with E-state index in [1.807, 2.05) is 20.8 Å². The molecule has 0 radical (unpaired) electrons. The second-order valence-corrected chi connectivity index (χ2v) is 8.42. The molecular formula is C20H38N4O6. The summed E-state index contributed by atoms with van der Waals surface area (Å²) in [7, 11) is 0. The average molecular weight is 431 g/mol. The number of aliphatic hydroxyl groups excluding tert-OH is 1. The second-order valence-electron chi connectivity index (χ2n) is 8.42. The van der Waals surface area contributed by atoms with Crippen molar-refractivity contribution >= 4 is 23.7 Å². The van der Waals surface area contributed by atoms with Gasteiger partial charge in [-0.1, -0.05) is 48.0 Å². The van der Waals surface area contributed by atoms with Crippen LogP contribution in [0.5, 0.6) is 0 Å². The van der Waals surface area contributed by atoms with Crippen molar-refractivity contribution in [3.8, 4) is 0 Å². The molecule has 0 aliphatic carbocycles. The monoisotopic (exact) mass is 430 g/mol. The minimum absolute atomic E-state index is 0.0551. The van der Waals surface area contributed by atoms with E-state index < -0.39 is 54.5 Å². The first-order valence-electron chi connectivity index (χ1n) is 10.4. The number of nitrogens with two attached hydrogens (primary N) is 1. The molecule has 10 nitrogen and oxygen atoms in total. The summed E-state index contributed by atoms with van der Waals surface area (Å²) in [5.41, 5.74) is 5.50. The van der Waals surface area contributed by atoms with Crippen LogP contribution in [0.3, 0.4) is 0 Å². The normalized spacial score (nSPS) is 16.3. The standard InChI is InChI=1S/C20H38N4O6/c1-7-12(6)16(20(29)30)24-19(28)15(11(4)5)23-18(27)14(8-10(2)3)22-17(26)13(21)9-25/h10-16,25H,7-9,21H2,1-6H3,(H,22,26)(H,23,27)(H,24,28)(H,29,30). The molecule has 0 rings (SSSR count). The molecule has 30 heavy (non-hydrogen) atoms. The first kappa shape index (κ1) is 27.8. The third-order valence-electron chi connectivity index (χ3n) is 4.90. The summed E-state index contributed by atoms with van der Waals surface area (Å²) in [4.78, 5) is 49.1. The third kappa shape index (κ3) is 9.08. The molecule has 5 unspecified atom stereocenters. The Morgan fingerprint density at radius 3 is 1.80 bits per heavy atom. The van der Waals surface area contributed by atoms with Gasteiger partial charge < -0.3 is 31.9 Å². The van der Waals surface area contributed by atoms with E-state index in [2.05, 4.69) is 16.0 Å². The van der Waals surface area contributed by atoms with Gasteiger partial charge in [0.25, 0.3) is 0 Å². The molecule has 0 bridgehead atoms. The van der Waals surface area contributed by atoms with E-state index in [1.54, 1.807) is 20.8 Å². The zero-order valence-electron chi connectivity index (χ0n) is 18.8. The zero-order chi connectivity index (χ0) is 23.6. The molecule has 0 heterocycles. The highest BCUT2D eigenvalue weighted by atomic mass is 16.4. The molecule has 0 aromatic rings. The fourth-order valence-corrected chi connectivity index (χ4v) is 2.78. The van der Waals surface area contributed by atoms with Crippen LogP contribution in [0.25, 0.3) is 0 Å². The van der Waals surface area contributed by atoms with Crippen molar-refractivity contribution in [2.75, 3.05) is 6.61 Å². The maximum Gasteiger partial charge on any atom is 0.326 e. The SMILES string of the molecule is CCC(C)C(NC(=O)C(NC(=O)C(CC(C)C)NC(=O)C(N)CO)C(C)C)C(=O)O. The van der Waals surface area contributed by atoms with Crippen molar-refractivity contribution < 1.29 is 29.4 Å². The van der Waals surface area contributed by atoms with Crippen molar-refractivity contribution in [2.45, 2.75) is 78.6 Å². The maximum absolute atomic E-state index is 12.8. The van der Waals surface area contributed by atoms with Gasteiger partial charge in [-0.15, -0.1) is 0 Å². The highest BCUT2D eigenvalue weighted by molar-refractivity contribution is 5.94. The summed E-state index contributed by atoms with van der Waals surface area (Å²) in [5.74, 6) is -3.56. The molecule has 3 amide bonds. The molecule has 0 aliphatic rings. The molecule has 5 atom stereocenters. The van der Waals surface area contributed by atoms with E-state index in [0.717, 1.165) is 0 Å². The first-order valence-corrected chi connectivity index (χ1v) is 10.4. The second kappa shape index (κ2) is 13.2. The highest BCUT2D eigenvalue weighted by Gasteiger charge is 2.33. The summed E-state index contributed by atoms with van der Waals surface area (Å²) >= 11 is 0.